The van der Waals surface area contributed by atoms with Gasteiger partial charge in [-0.2, -0.15) is 5.10 Å². The molecule has 0 saturated carbocycles. The molecular weight excluding hydrogens is 324 g/mol. The summed E-state index contributed by atoms with van der Waals surface area (Å²) in [4.78, 5) is 2.57. The largest absolute Gasteiger partial charge is 0.295 e. The van der Waals surface area contributed by atoms with Crippen LogP contribution in [0.2, 0.25) is 0 Å². The Labute approximate surface area is 143 Å². The lowest BCUT2D eigenvalue weighted by Gasteiger charge is -2.31. The normalized spacial score (nSPS) is 18.2. The first-order valence-corrected chi connectivity index (χ1v) is 9.92. The molecule has 0 bridgehead atoms. The molecule has 2 heterocycles. The molecule has 0 unspecified atom stereocenters. The number of hydrogen-bond donors (Lipinski definition) is 2. The lowest BCUT2D eigenvalue weighted by atomic mass is 10.1. The van der Waals surface area contributed by atoms with Crippen molar-refractivity contribution >= 4 is 10.0 Å². The van der Waals surface area contributed by atoms with Crippen molar-refractivity contribution in [2.24, 2.45) is 0 Å². The van der Waals surface area contributed by atoms with Crippen LogP contribution in [0.15, 0.2) is 47.6 Å². The molecule has 6 nitrogen and oxygen atoms in total. The fraction of sp³-hybridized carbons (Fsp3) is 0.471. The van der Waals surface area contributed by atoms with Gasteiger partial charge in [0.05, 0.1) is 6.20 Å². The van der Waals surface area contributed by atoms with Gasteiger partial charge < -0.3 is 0 Å². The minimum absolute atomic E-state index is 0.0472. The van der Waals surface area contributed by atoms with Crippen molar-refractivity contribution < 1.29 is 8.42 Å². The van der Waals surface area contributed by atoms with Crippen LogP contribution >= 0.6 is 0 Å². The van der Waals surface area contributed by atoms with E-state index in [1.165, 1.54) is 25.2 Å². The monoisotopic (exact) mass is 348 g/mol. The Morgan fingerprint density at radius 1 is 1.12 bits per heavy atom. The molecule has 3 rings (SSSR count). The highest BCUT2D eigenvalue weighted by Gasteiger charge is 2.24. The maximum Gasteiger partial charge on any atom is 0.243 e. The molecule has 1 fully saturated rings. The highest BCUT2D eigenvalue weighted by molar-refractivity contribution is 7.89. The van der Waals surface area contributed by atoms with Gasteiger partial charge in [-0.15, -0.1) is 0 Å². The van der Waals surface area contributed by atoms with Crippen LogP contribution in [0, 0.1) is 0 Å². The smallest absolute Gasteiger partial charge is 0.243 e. The van der Waals surface area contributed by atoms with Crippen LogP contribution in [-0.4, -0.2) is 43.1 Å². The van der Waals surface area contributed by atoms with E-state index in [-0.39, 0.29) is 10.9 Å². The predicted molar refractivity (Wildman–Crippen MR) is 93.0 cm³/mol. The number of nitrogens with zero attached hydrogens (tertiary/aromatic N) is 2. The second kappa shape index (κ2) is 7.92. The lowest BCUT2D eigenvalue weighted by Crippen LogP contribution is -2.38. The minimum atomic E-state index is -3.54. The summed E-state index contributed by atoms with van der Waals surface area (Å²) in [6.45, 7) is 2.37. The molecule has 130 valence electrons. The fourth-order valence-corrected chi connectivity index (χ4v) is 4.14. The zero-order valence-electron chi connectivity index (χ0n) is 13.7. The Morgan fingerprint density at radius 3 is 2.46 bits per heavy atom. The minimum Gasteiger partial charge on any atom is -0.295 e. The maximum atomic E-state index is 12.4. The van der Waals surface area contributed by atoms with Crippen LogP contribution in [-0.2, 0) is 10.0 Å². The first kappa shape index (κ1) is 17.1. The summed E-state index contributed by atoms with van der Waals surface area (Å²) in [6, 6.07) is 10.2. The van der Waals surface area contributed by atoms with Gasteiger partial charge in [-0.25, -0.2) is 13.1 Å². The van der Waals surface area contributed by atoms with E-state index in [9.17, 15) is 8.42 Å². The topological polar surface area (TPSA) is 78.1 Å². The van der Waals surface area contributed by atoms with E-state index in [4.69, 9.17) is 0 Å². The van der Waals surface area contributed by atoms with Crippen molar-refractivity contribution in [3.63, 3.8) is 0 Å². The first-order chi connectivity index (χ1) is 11.7. The molecule has 7 heteroatoms. The number of aromatic amines is 1. The SMILES string of the molecule is O=S(=O)(NC[C@@H](c1ccccc1)N1CCCCCC1)c1cn[nH]c1. The third kappa shape index (κ3) is 4.23. The molecular formula is C17H24N4O2S. The van der Waals surface area contributed by atoms with E-state index < -0.39 is 10.0 Å². The summed E-state index contributed by atoms with van der Waals surface area (Å²) < 4.78 is 27.5. The van der Waals surface area contributed by atoms with E-state index in [1.54, 1.807) is 0 Å². The summed E-state index contributed by atoms with van der Waals surface area (Å²) in [7, 11) is -3.54. The molecule has 24 heavy (non-hydrogen) atoms. The highest BCUT2D eigenvalue weighted by atomic mass is 32.2. The molecule has 2 aromatic rings. The Hall–Kier alpha value is -1.70. The number of aromatic nitrogens is 2. The van der Waals surface area contributed by atoms with Crippen LogP contribution in [0.25, 0.3) is 0 Å². The van der Waals surface area contributed by atoms with Gasteiger partial charge in [0.25, 0.3) is 0 Å². The van der Waals surface area contributed by atoms with Gasteiger partial charge in [0.15, 0.2) is 0 Å². The predicted octanol–water partition coefficient (Wildman–Crippen LogP) is 2.31. The average Bonchev–Trinajstić information content (AvgIpc) is 3.02. The third-order valence-electron chi connectivity index (χ3n) is 4.52. The zero-order chi connectivity index (χ0) is 16.8. The Balaban J connectivity index is 1.77. The van der Waals surface area contributed by atoms with Gasteiger partial charge in [-0.05, 0) is 31.5 Å². The molecule has 0 spiro atoms. The van der Waals surface area contributed by atoms with Gasteiger partial charge >= 0.3 is 0 Å². The van der Waals surface area contributed by atoms with E-state index in [1.807, 2.05) is 18.2 Å². The second-order valence-electron chi connectivity index (χ2n) is 6.16. The average molecular weight is 348 g/mol. The number of H-pyrrole nitrogens is 1. The van der Waals surface area contributed by atoms with Crippen molar-refractivity contribution in [1.29, 1.82) is 0 Å². The number of benzene rings is 1. The van der Waals surface area contributed by atoms with Gasteiger partial charge in [0.2, 0.25) is 10.0 Å². The van der Waals surface area contributed by atoms with E-state index in [0.29, 0.717) is 6.54 Å². The second-order valence-corrected chi connectivity index (χ2v) is 7.93. The molecule has 1 aliphatic rings. The molecule has 2 N–H and O–H groups in total. The molecule has 0 amide bonds. The molecule has 1 aromatic carbocycles. The van der Waals surface area contributed by atoms with Gasteiger partial charge in [-0.3, -0.25) is 10.00 Å². The highest BCUT2D eigenvalue weighted by Crippen LogP contribution is 2.24. The van der Waals surface area contributed by atoms with E-state index >= 15 is 0 Å². The summed E-state index contributed by atoms with van der Waals surface area (Å²) in [5.74, 6) is 0. The van der Waals surface area contributed by atoms with E-state index in [2.05, 4.69) is 32.0 Å². The summed E-state index contributed by atoms with van der Waals surface area (Å²) in [6.07, 6.45) is 7.55. The Morgan fingerprint density at radius 2 is 1.83 bits per heavy atom. The molecule has 0 radical (unpaired) electrons. The van der Waals surface area contributed by atoms with Crippen LogP contribution < -0.4 is 4.72 Å². The van der Waals surface area contributed by atoms with Crippen molar-refractivity contribution in [2.45, 2.75) is 36.6 Å². The Kier molecular flexibility index (Phi) is 5.65. The van der Waals surface area contributed by atoms with Crippen LogP contribution in [0.1, 0.15) is 37.3 Å². The van der Waals surface area contributed by atoms with Crippen molar-refractivity contribution in [3.05, 3.63) is 48.3 Å². The summed E-state index contributed by atoms with van der Waals surface area (Å²) in [5.41, 5.74) is 1.15. The number of rotatable bonds is 6. The zero-order valence-corrected chi connectivity index (χ0v) is 14.5. The number of likely N-dealkylation sites (tertiary alicyclic amines) is 1. The molecule has 1 atom stereocenters. The third-order valence-corrected chi connectivity index (χ3v) is 5.91. The van der Waals surface area contributed by atoms with Crippen LogP contribution in [0.4, 0.5) is 0 Å². The van der Waals surface area contributed by atoms with Gasteiger partial charge in [0, 0.05) is 18.8 Å². The maximum absolute atomic E-state index is 12.4. The quantitative estimate of drug-likeness (QED) is 0.840. The van der Waals surface area contributed by atoms with Gasteiger partial charge in [-0.1, -0.05) is 43.2 Å². The molecule has 1 aromatic heterocycles. The molecule has 0 aliphatic carbocycles. The van der Waals surface area contributed by atoms with Gasteiger partial charge in [0.1, 0.15) is 4.90 Å². The summed E-state index contributed by atoms with van der Waals surface area (Å²) in [5, 5.41) is 6.27. The molecule has 1 saturated heterocycles. The van der Waals surface area contributed by atoms with Crippen molar-refractivity contribution in [1.82, 2.24) is 19.8 Å². The van der Waals surface area contributed by atoms with E-state index in [0.717, 1.165) is 31.5 Å². The fourth-order valence-electron chi connectivity index (χ4n) is 3.20. The number of hydrogen-bond acceptors (Lipinski definition) is 4. The summed E-state index contributed by atoms with van der Waals surface area (Å²) >= 11 is 0. The molecule has 1 aliphatic heterocycles. The van der Waals surface area contributed by atoms with Crippen LogP contribution in [0.5, 0.6) is 0 Å². The van der Waals surface area contributed by atoms with Crippen molar-refractivity contribution in [2.75, 3.05) is 19.6 Å². The number of nitrogens with one attached hydrogen (secondary N) is 2. The first-order valence-electron chi connectivity index (χ1n) is 8.44. The number of sulfonamides is 1. The van der Waals surface area contributed by atoms with Crippen LogP contribution in [0.3, 0.4) is 0 Å². The van der Waals surface area contributed by atoms with Crippen molar-refractivity contribution in [3.8, 4) is 0 Å². The standard InChI is InChI=1S/C17H24N4O2S/c22-24(23,16-12-18-19-13-16)20-14-17(15-8-4-3-5-9-15)21-10-6-1-2-7-11-21/h3-5,8-9,12-13,17,20H,1-2,6-7,10-11,14H2,(H,18,19)/t17-/m0/s1. The Bertz CT molecular complexity index is 708. The lowest BCUT2D eigenvalue weighted by molar-refractivity contribution is 0.206.